The molecule has 0 spiro atoms. The van der Waals surface area contributed by atoms with Crippen molar-refractivity contribution in [1.82, 2.24) is 10.6 Å². The maximum absolute atomic E-state index is 10.5. The van der Waals surface area contributed by atoms with Crippen LogP contribution in [-0.4, -0.2) is 95.1 Å². The quantitative estimate of drug-likeness (QED) is 0.273. The maximum atomic E-state index is 10.5. The molecule has 2 fully saturated rings. The predicted molar refractivity (Wildman–Crippen MR) is 86.2 cm³/mol. The second-order valence-corrected chi connectivity index (χ2v) is 6.94. The van der Waals surface area contributed by atoms with Crippen molar-refractivity contribution in [3.8, 4) is 0 Å². The lowest BCUT2D eigenvalue weighted by Crippen LogP contribution is -2.68. The first-order valence-corrected chi connectivity index (χ1v) is 8.42. The topological polar surface area (TPSA) is 149 Å². The van der Waals surface area contributed by atoms with E-state index >= 15 is 0 Å². The third-order valence-electron chi connectivity index (χ3n) is 4.95. The third kappa shape index (κ3) is 3.90. The Bertz CT molecular complexity index is 413. The highest BCUT2D eigenvalue weighted by molar-refractivity contribution is 5.01. The van der Waals surface area contributed by atoms with Gasteiger partial charge in [0.1, 0.15) is 23.9 Å². The summed E-state index contributed by atoms with van der Waals surface area (Å²) in [7, 11) is 1.63. The molecule has 0 aromatic heterocycles. The number of hydrogen-bond donors (Lipinski definition) is 7. The number of rotatable bonds is 5. The molecule has 1 aliphatic carbocycles. The van der Waals surface area contributed by atoms with Gasteiger partial charge in [0.2, 0.25) is 0 Å². The Hall–Kier alpha value is -0.360. The van der Waals surface area contributed by atoms with Gasteiger partial charge in [-0.05, 0) is 26.9 Å². The summed E-state index contributed by atoms with van der Waals surface area (Å²) < 4.78 is 11.3. The Balaban J connectivity index is 2.11. The third-order valence-corrected chi connectivity index (χ3v) is 4.95. The summed E-state index contributed by atoms with van der Waals surface area (Å²) in [6.45, 7) is 4.09. The van der Waals surface area contributed by atoms with Crippen molar-refractivity contribution < 1.29 is 29.9 Å². The highest BCUT2D eigenvalue weighted by Crippen LogP contribution is 2.29. The molecule has 0 amide bonds. The van der Waals surface area contributed by atoms with Crippen LogP contribution in [0.3, 0.4) is 0 Å². The van der Waals surface area contributed by atoms with Crippen molar-refractivity contribution in [3.05, 3.63) is 0 Å². The first kappa shape index (κ1) is 20.0. The fraction of sp³-hybridized carbons (Fsp3) is 1.00. The largest absolute Gasteiger partial charge is 0.389 e. The molecule has 0 bridgehead atoms. The van der Waals surface area contributed by atoms with Crippen LogP contribution in [0.2, 0.25) is 0 Å². The molecular weight excluding hydrogens is 318 g/mol. The Morgan fingerprint density at radius 2 is 1.92 bits per heavy atom. The highest BCUT2D eigenvalue weighted by Gasteiger charge is 2.49. The Labute approximate surface area is 142 Å². The number of nitrogens with two attached hydrogens (primary N) is 1. The van der Waals surface area contributed by atoms with Gasteiger partial charge in [0.15, 0.2) is 6.29 Å². The Morgan fingerprint density at radius 3 is 2.50 bits per heavy atom. The van der Waals surface area contributed by atoms with Gasteiger partial charge in [0, 0.05) is 12.1 Å². The average Bonchev–Trinajstić information content (AvgIpc) is 2.51. The van der Waals surface area contributed by atoms with Crippen LogP contribution in [0.25, 0.3) is 0 Å². The summed E-state index contributed by atoms with van der Waals surface area (Å²) in [5, 5.41) is 47.2. The zero-order valence-corrected chi connectivity index (χ0v) is 14.4. The molecule has 9 atom stereocenters. The summed E-state index contributed by atoms with van der Waals surface area (Å²) in [5.74, 6) is 0. The van der Waals surface area contributed by atoms with Crippen LogP contribution in [0.4, 0.5) is 0 Å². The van der Waals surface area contributed by atoms with Gasteiger partial charge in [-0.1, -0.05) is 6.92 Å². The molecule has 1 aliphatic heterocycles. The van der Waals surface area contributed by atoms with Crippen LogP contribution in [0.5, 0.6) is 0 Å². The number of aliphatic hydroxyl groups excluding tert-OH is 3. The van der Waals surface area contributed by atoms with E-state index in [0.29, 0.717) is 13.0 Å². The van der Waals surface area contributed by atoms with E-state index in [1.807, 2.05) is 6.92 Å². The fourth-order valence-corrected chi connectivity index (χ4v) is 3.61. The lowest BCUT2D eigenvalue weighted by molar-refractivity contribution is -0.297. The molecule has 0 unspecified atom stereocenters. The molecule has 142 valence electrons. The van der Waals surface area contributed by atoms with Crippen molar-refractivity contribution in [1.29, 1.82) is 0 Å². The zero-order chi connectivity index (χ0) is 18.1. The molecular formula is C15H31N3O6. The van der Waals surface area contributed by atoms with Gasteiger partial charge in [-0.15, -0.1) is 0 Å². The summed E-state index contributed by atoms with van der Waals surface area (Å²) >= 11 is 0. The lowest BCUT2D eigenvalue weighted by Gasteiger charge is -2.47. The second-order valence-electron chi connectivity index (χ2n) is 6.94. The van der Waals surface area contributed by atoms with Gasteiger partial charge in [0.25, 0.3) is 0 Å². The number of nitrogens with one attached hydrogen (secondary N) is 2. The van der Waals surface area contributed by atoms with Gasteiger partial charge < -0.3 is 46.3 Å². The molecule has 2 aliphatic rings. The van der Waals surface area contributed by atoms with Gasteiger partial charge >= 0.3 is 0 Å². The summed E-state index contributed by atoms with van der Waals surface area (Å²) in [6, 6.07) is -1.50. The van der Waals surface area contributed by atoms with Crippen molar-refractivity contribution in [2.75, 3.05) is 20.2 Å². The predicted octanol–water partition coefficient (Wildman–Crippen LogP) is -3.14. The van der Waals surface area contributed by atoms with E-state index in [9.17, 15) is 20.4 Å². The molecule has 1 heterocycles. The molecule has 24 heavy (non-hydrogen) atoms. The van der Waals surface area contributed by atoms with Crippen molar-refractivity contribution in [3.63, 3.8) is 0 Å². The van der Waals surface area contributed by atoms with Crippen LogP contribution >= 0.6 is 0 Å². The molecule has 9 heteroatoms. The van der Waals surface area contributed by atoms with Gasteiger partial charge in [0.05, 0.1) is 18.8 Å². The SMILES string of the molecule is CCN[C@@H]1C[C@@H](N)[C@@H](O)[C@@H](O)[C@@H]1O[C@H]1OC[C@](C)(O)[C@H](NC)[C@H]1O. The summed E-state index contributed by atoms with van der Waals surface area (Å²) in [5.41, 5.74) is 4.61. The van der Waals surface area contributed by atoms with E-state index in [4.69, 9.17) is 15.2 Å². The van der Waals surface area contributed by atoms with Crippen LogP contribution < -0.4 is 16.4 Å². The van der Waals surface area contributed by atoms with E-state index in [1.165, 1.54) is 0 Å². The Kier molecular flexibility index (Phi) is 6.57. The summed E-state index contributed by atoms with van der Waals surface area (Å²) in [4.78, 5) is 0. The molecule has 8 N–H and O–H groups in total. The van der Waals surface area contributed by atoms with E-state index in [0.717, 1.165) is 0 Å². The first-order valence-electron chi connectivity index (χ1n) is 8.42. The molecule has 1 saturated heterocycles. The molecule has 2 rings (SSSR count). The molecule has 1 saturated carbocycles. The molecule has 9 nitrogen and oxygen atoms in total. The Morgan fingerprint density at radius 1 is 1.25 bits per heavy atom. The van der Waals surface area contributed by atoms with E-state index in [-0.39, 0.29) is 12.6 Å². The minimum absolute atomic E-state index is 0.0308. The minimum Gasteiger partial charge on any atom is -0.389 e. The molecule has 0 radical (unpaired) electrons. The molecule has 0 aromatic carbocycles. The average molecular weight is 349 g/mol. The standard InChI is InChI=1S/C15H31N3O6/c1-4-18-8-5-7(16)9(19)10(20)12(8)24-14-11(21)13(17-3)15(2,22)6-23-14/h7-14,17-22H,4-6,16H2,1-3H3/t7-,8-,9-,10-,11-,12-,13-,14-,15+/m1/s1. The van der Waals surface area contributed by atoms with Gasteiger partial charge in [-0.25, -0.2) is 0 Å². The van der Waals surface area contributed by atoms with Crippen molar-refractivity contribution in [2.45, 2.75) is 74.7 Å². The van der Waals surface area contributed by atoms with Gasteiger partial charge in [-0.3, -0.25) is 0 Å². The van der Waals surface area contributed by atoms with E-state index < -0.39 is 48.4 Å². The van der Waals surface area contributed by atoms with E-state index in [2.05, 4.69) is 10.6 Å². The van der Waals surface area contributed by atoms with E-state index in [1.54, 1.807) is 14.0 Å². The summed E-state index contributed by atoms with van der Waals surface area (Å²) in [6.07, 6.45) is -4.86. The van der Waals surface area contributed by atoms with Crippen LogP contribution in [0.15, 0.2) is 0 Å². The molecule has 0 aromatic rings. The van der Waals surface area contributed by atoms with Crippen LogP contribution in [0, 0.1) is 0 Å². The van der Waals surface area contributed by atoms with Crippen LogP contribution in [0.1, 0.15) is 20.3 Å². The monoisotopic (exact) mass is 349 g/mol. The lowest BCUT2D eigenvalue weighted by atomic mass is 9.84. The normalized spacial score (nSPS) is 50.0. The number of likely N-dealkylation sites (N-methyl/N-ethyl adjacent to an activating group) is 2. The number of ether oxygens (including phenoxy) is 2. The highest BCUT2D eigenvalue weighted by atomic mass is 16.7. The minimum atomic E-state index is -1.25. The number of aliphatic hydroxyl groups is 4. The van der Waals surface area contributed by atoms with Gasteiger partial charge in [-0.2, -0.15) is 0 Å². The zero-order valence-electron chi connectivity index (χ0n) is 14.4. The fourth-order valence-electron chi connectivity index (χ4n) is 3.61. The maximum Gasteiger partial charge on any atom is 0.185 e. The first-order chi connectivity index (χ1) is 11.2. The van der Waals surface area contributed by atoms with Crippen molar-refractivity contribution >= 4 is 0 Å². The second kappa shape index (κ2) is 7.90. The smallest absolute Gasteiger partial charge is 0.185 e. The number of hydrogen-bond acceptors (Lipinski definition) is 9. The van der Waals surface area contributed by atoms with Crippen molar-refractivity contribution in [2.24, 2.45) is 5.73 Å². The van der Waals surface area contributed by atoms with Crippen LogP contribution in [-0.2, 0) is 9.47 Å².